The Morgan fingerprint density at radius 2 is 1.75 bits per heavy atom. The van der Waals surface area contributed by atoms with Crippen LogP contribution in [0.3, 0.4) is 0 Å². The smallest absolute Gasteiger partial charge is 0.128 e. The molecule has 2 aliphatic heterocycles. The third kappa shape index (κ3) is 1.33. The number of carbonyl (C=O) groups excluding carboxylic acids is 1. The lowest BCUT2D eigenvalue weighted by molar-refractivity contribution is -0.186. The Balaban J connectivity index is 1.91. The summed E-state index contributed by atoms with van der Waals surface area (Å²) >= 11 is 0. The van der Waals surface area contributed by atoms with Crippen LogP contribution in [0, 0.1) is 5.41 Å². The summed E-state index contributed by atoms with van der Waals surface area (Å²) in [6.07, 6.45) is 5.03. The topological polar surface area (TPSA) is 26.3 Å². The Labute approximate surface area is 95.6 Å². The highest BCUT2D eigenvalue weighted by Crippen LogP contribution is 2.52. The Morgan fingerprint density at radius 1 is 1.06 bits per heavy atom. The molecule has 4 rings (SSSR count). The van der Waals surface area contributed by atoms with Crippen molar-refractivity contribution in [1.29, 1.82) is 0 Å². The molecule has 0 N–H and O–H groups in total. The largest absolute Gasteiger partial charge is 0.369 e. The van der Waals surface area contributed by atoms with E-state index in [9.17, 15) is 4.79 Å². The van der Waals surface area contributed by atoms with Gasteiger partial charge in [-0.25, -0.2) is 0 Å². The summed E-state index contributed by atoms with van der Waals surface area (Å²) < 4.78 is 6.01. The van der Waals surface area contributed by atoms with Gasteiger partial charge in [0.2, 0.25) is 0 Å². The zero-order valence-corrected chi connectivity index (χ0v) is 9.32. The molecule has 0 aromatic heterocycles. The lowest BCUT2D eigenvalue weighted by Gasteiger charge is -2.51. The van der Waals surface area contributed by atoms with Crippen molar-refractivity contribution < 1.29 is 9.53 Å². The van der Waals surface area contributed by atoms with Crippen LogP contribution >= 0.6 is 0 Å². The predicted octanol–water partition coefficient (Wildman–Crippen LogP) is 2.67. The lowest BCUT2D eigenvalue weighted by atomic mass is 9.65. The Bertz CT molecular complexity index is 372. The molecular formula is C14H16O2. The minimum absolute atomic E-state index is 0.105. The third-order valence-electron chi connectivity index (χ3n) is 4.24. The fraction of sp³-hybridized carbons (Fsp3) is 0.500. The van der Waals surface area contributed by atoms with Crippen LogP contribution in [0.25, 0.3) is 0 Å². The van der Waals surface area contributed by atoms with Crippen LogP contribution in [0.1, 0.15) is 31.2 Å². The van der Waals surface area contributed by atoms with Crippen molar-refractivity contribution in [2.24, 2.45) is 5.41 Å². The molecule has 2 bridgehead atoms. The monoisotopic (exact) mass is 216 g/mol. The fourth-order valence-corrected chi connectivity index (χ4v) is 2.99. The van der Waals surface area contributed by atoms with E-state index in [4.69, 9.17) is 4.74 Å². The number of aldehydes is 1. The van der Waals surface area contributed by atoms with Gasteiger partial charge in [-0.15, -0.1) is 0 Å². The maximum absolute atomic E-state index is 11.1. The zero-order valence-electron chi connectivity index (χ0n) is 9.32. The van der Waals surface area contributed by atoms with Crippen molar-refractivity contribution in [3.63, 3.8) is 0 Å². The van der Waals surface area contributed by atoms with Crippen molar-refractivity contribution in [2.45, 2.75) is 31.3 Å². The van der Waals surface area contributed by atoms with Gasteiger partial charge in [0.15, 0.2) is 0 Å². The van der Waals surface area contributed by atoms with Gasteiger partial charge in [-0.05, 0) is 31.2 Å². The van der Waals surface area contributed by atoms with Gasteiger partial charge in [-0.2, -0.15) is 0 Å². The molecule has 0 radical (unpaired) electrons. The van der Waals surface area contributed by atoms with Crippen molar-refractivity contribution in [3.8, 4) is 0 Å². The second-order valence-electron chi connectivity index (χ2n) is 5.13. The molecule has 1 aromatic rings. The lowest BCUT2D eigenvalue weighted by Crippen LogP contribution is -2.49. The molecule has 1 aliphatic carbocycles. The van der Waals surface area contributed by atoms with E-state index in [1.807, 2.05) is 6.07 Å². The van der Waals surface area contributed by atoms with E-state index < -0.39 is 0 Å². The highest BCUT2D eigenvalue weighted by atomic mass is 16.5. The average Bonchev–Trinajstić information content (AvgIpc) is 2.42. The number of ether oxygens (including phenoxy) is 1. The maximum atomic E-state index is 11.1. The predicted molar refractivity (Wildman–Crippen MR) is 61.0 cm³/mol. The fourth-order valence-electron chi connectivity index (χ4n) is 2.99. The summed E-state index contributed by atoms with van der Waals surface area (Å²) in [5.41, 5.74) is 0.997. The van der Waals surface area contributed by atoms with E-state index >= 15 is 0 Å². The van der Waals surface area contributed by atoms with Crippen LogP contribution in [-0.2, 0) is 15.1 Å². The van der Waals surface area contributed by atoms with Crippen LogP contribution in [0.4, 0.5) is 0 Å². The second-order valence-corrected chi connectivity index (χ2v) is 5.13. The SMILES string of the molecule is O=CC12CCC(c3ccccc3)(CC1)OC2. The van der Waals surface area contributed by atoms with E-state index in [0.717, 1.165) is 32.0 Å². The molecule has 84 valence electrons. The molecule has 16 heavy (non-hydrogen) atoms. The standard InChI is InChI=1S/C14H16O2/c15-10-13-6-8-14(9-7-13,16-11-13)12-4-2-1-3-5-12/h1-5,10H,6-9,11H2. The van der Waals surface area contributed by atoms with Crippen LogP contribution in [-0.4, -0.2) is 12.9 Å². The molecule has 0 amide bonds. The van der Waals surface area contributed by atoms with Crippen LogP contribution in [0.15, 0.2) is 30.3 Å². The summed E-state index contributed by atoms with van der Waals surface area (Å²) in [5.74, 6) is 0. The van der Waals surface area contributed by atoms with E-state index in [1.165, 1.54) is 5.56 Å². The molecule has 2 heteroatoms. The first-order valence-corrected chi connectivity index (χ1v) is 5.95. The maximum Gasteiger partial charge on any atom is 0.128 e. The van der Waals surface area contributed by atoms with Crippen LogP contribution < -0.4 is 0 Å². The molecule has 2 saturated heterocycles. The third-order valence-corrected chi connectivity index (χ3v) is 4.24. The van der Waals surface area contributed by atoms with Gasteiger partial charge in [0.25, 0.3) is 0 Å². The molecule has 1 saturated carbocycles. The quantitative estimate of drug-likeness (QED) is 0.710. The summed E-state index contributed by atoms with van der Waals surface area (Å²) in [7, 11) is 0. The van der Waals surface area contributed by atoms with Gasteiger partial charge >= 0.3 is 0 Å². The molecule has 2 nitrogen and oxygen atoms in total. The molecule has 1 aromatic carbocycles. The van der Waals surface area contributed by atoms with Crippen LogP contribution in [0.5, 0.6) is 0 Å². The number of hydrogen-bond acceptors (Lipinski definition) is 2. The first-order valence-electron chi connectivity index (χ1n) is 5.95. The van der Waals surface area contributed by atoms with Crippen molar-refractivity contribution in [3.05, 3.63) is 35.9 Å². The van der Waals surface area contributed by atoms with Gasteiger partial charge < -0.3 is 9.53 Å². The molecular weight excluding hydrogens is 200 g/mol. The molecule has 2 heterocycles. The number of hydrogen-bond donors (Lipinski definition) is 0. The number of carbonyl (C=O) groups is 1. The van der Waals surface area contributed by atoms with Gasteiger partial charge in [0.05, 0.1) is 12.2 Å². The van der Waals surface area contributed by atoms with Gasteiger partial charge in [-0.3, -0.25) is 0 Å². The Kier molecular flexibility index (Phi) is 2.15. The van der Waals surface area contributed by atoms with Gasteiger partial charge in [-0.1, -0.05) is 30.3 Å². The minimum atomic E-state index is -0.170. The normalized spacial score (nSPS) is 37.2. The van der Waals surface area contributed by atoms with E-state index in [2.05, 4.69) is 24.3 Å². The van der Waals surface area contributed by atoms with Crippen molar-refractivity contribution in [1.82, 2.24) is 0 Å². The average molecular weight is 216 g/mol. The minimum Gasteiger partial charge on any atom is -0.369 e. The summed E-state index contributed by atoms with van der Waals surface area (Å²) in [6.45, 7) is 0.603. The highest BCUT2D eigenvalue weighted by molar-refractivity contribution is 5.60. The highest BCUT2D eigenvalue weighted by Gasteiger charge is 2.50. The zero-order chi connectivity index (χ0) is 11.1. The summed E-state index contributed by atoms with van der Waals surface area (Å²) in [6, 6.07) is 10.4. The first-order chi connectivity index (χ1) is 7.79. The molecule has 0 atom stereocenters. The van der Waals surface area contributed by atoms with Crippen molar-refractivity contribution >= 4 is 6.29 Å². The summed E-state index contributed by atoms with van der Waals surface area (Å²) in [5, 5.41) is 0. The Morgan fingerprint density at radius 3 is 2.25 bits per heavy atom. The summed E-state index contributed by atoms with van der Waals surface area (Å²) in [4.78, 5) is 11.1. The molecule has 0 unspecified atom stereocenters. The second kappa shape index (κ2) is 3.42. The van der Waals surface area contributed by atoms with E-state index in [0.29, 0.717) is 6.61 Å². The number of fused-ring (bicyclic) bond motifs is 3. The number of benzene rings is 1. The Hall–Kier alpha value is -1.15. The molecule has 3 fully saturated rings. The van der Waals surface area contributed by atoms with Gasteiger partial charge in [0.1, 0.15) is 6.29 Å². The molecule has 3 aliphatic rings. The number of rotatable bonds is 2. The van der Waals surface area contributed by atoms with E-state index in [1.54, 1.807) is 0 Å². The van der Waals surface area contributed by atoms with Gasteiger partial charge in [0, 0.05) is 5.41 Å². The van der Waals surface area contributed by atoms with E-state index in [-0.39, 0.29) is 11.0 Å². The first kappa shape index (κ1) is 10.0. The van der Waals surface area contributed by atoms with Crippen molar-refractivity contribution in [2.75, 3.05) is 6.61 Å². The molecule has 0 spiro atoms. The van der Waals surface area contributed by atoms with Crippen LogP contribution in [0.2, 0.25) is 0 Å².